The van der Waals surface area contributed by atoms with Gasteiger partial charge in [-0.1, -0.05) is 44.4 Å². The summed E-state index contributed by atoms with van der Waals surface area (Å²) in [6.45, 7) is 1.94. The van der Waals surface area contributed by atoms with Crippen molar-refractivity contribution in [2.45, 2.75) is 39.0 Å². The van der Waals surface area contributed by atoms with Gasteiger partial charge in [-0.05, 0) is 30.9 Å². The molecule has 0 bridgehead atoms. The monoisotopic (exact) mass is 274 g/mol. The minimum atomic E-state index is -0.283. The van der Waals surface area contributed by atoms with E-state index in [1.54, 1.807) is 24.3 Å². The van der Waals surface area contributed by atoms with Crippen molar-refractivity contribution in [3.05, 3.63) is 35.9 Å². The van der Waals surface area contributed by atoms with Gasteiger partial charge in [0.05, 0.1) is 0 Å². The fourth-order valence-electron chi connectivity index (χ4n) is 2.74. The number of nitrogens with one attached hydrogen (secondary N) is 2. The zero-order valence-corrected chi connectivity index (χ0v) is 11.9. The summed E-state index contributed by atoms with van der Waals surface area (Å²) in [6.07, 6.45) is 5.91. The van der Waals surface area contributed by atoms with E-state index < -0.39 is 0 Å². The molecule has 4 nitrogen and oxygen atoms in total. The molecular formula is C16H22N2O2. The van der Waals surface area contributed by atoms with Crippen LogP contribution in [-0.4, -0.2) is 11.8 Å². The third-order valence-electron chi connectivity index (χ3n) is 4.11. The molecule has 0 heterocycles. The number of carbonyl (C=O) groups excluding carboxylic acids is 2. The molecule has 0 unspecified atom stereocenters. The molecule has 20 heavy (non-hydrogen) atoms. The van der Waals surface area contributed by atoms with E-state index >= 15 is 0 Å². The van der Waals surface area contributed by atoms with Crippen LogP contribution >= 0.6 is 0 Å². The van der Waals surface area contributed by atoms with Crippen LogP contribution in [0.25, 0.3) is 0 Å². The highest BCUT2D eigenvalue weighted by Gasteiger charge is 2.25. The van der Waals surface area contributed by atoms with Crippen molar-refractivity contribution in [3.8, 4) is 0 Å². The normalized spacial score (nSPS) is 17.2. The van der Waals surface area contributed by atoms with Crippen LogP contribution in [0.3, 0.4) is 0 Å². The van der Waals surface area contributed by atoms with Crippen molar-refractivity contribution >= 4 is 11.8 Å². The number of hydrogen-bond donors (Lipinski definition) is 2. The lowest BCUT2D eigenvalue weighted by Crippen LogP contribution is -2.45. The lowest BCUT2D eigenvalue weighted by atomic mass is 9.80. The van der Waals surface area contributed by atoms with Gasteiger partial charge in [-0.25, -0.2) is 0 Å². The van der Waals surface area contributed by atoms with E-state index in [1.165, 1.54) is 19.3 Å². The smallest absolute Gasteiger partial charge is 0.269 e. The average Bonchev–Trinajstić information content (AvgIpc) is 2.53. The van der Waals surface area contributed by atoms with Crippen LogP contribution in [0, 0.1) is 11.8 Å². The summed E-state index contributed by atoms with van der Waals surface area (Å²) in [7, 11) is 0. The van der Waals surface area contributed by atoms with Crippen LogP contribution in [0.15, 0.2) is 30.3 Å². The van der Waals surface area contributed by atoms with Gasteiger partial charge in [0.1, 0.15) is 0 Å². The fourth-order valence-corrected chi connectivity index (χ4v) is 2.74. The average molecular weight is 274 g/mol. The third kappa shape index (κ3) is 3.83. The Hall–Kier alpha value is -1.84. The van der Waals surface area contributed by atoms with Crippen molar-refractivity contribution in [2.24, 2.45) is 11.8 Å². The molecular weight excluding hydrogens is 252 g/mol. The molecule has 2 rings (SSSR count). The van der Waals surface area contributed by atoms with Gasteiger partial charge in [-0.2, -0.15) is 0 Å². The van der Waals surface area contributed by atoms with Crippen molar-refractivity contribution in [1.29, 1.82) is 0 Å². The van der Waals surface area contributed by atoms with Gasteiger partial charge in [0.25, 0.3) is 5.91 Å². The van der Waals surface area contributed by atoms with Gasteiger partial charge in [0, 0.05) is 11.5 Å². The molecule has 0 saturated heterocycles. The summed E-state index contributed by atoms with van der Waals surface area (Å²) < 4.78 is 0. The van der Waals surface area contributed by atoms with E-state index in [1.807, 2.05) is 13.0 Å². The minimum absolute atomic E-state index is 0.0497. The molecule has 0 aromatic heterocycles. The number of hydrazine groups is 1. The molecule has 1 aliphatic rings. The molecule has 108 valence electrons. The van der Waals surface area contributed by atoms with E-state index in [9.17, 15) is 9.59 Å². The Bertz CT molecular complexity index is 453. The zero-order chi connectivity index (χ0) is 14.4. The molecule has 2 amide bonds. The SMILES string of the molecule is C[C@H](C(=O)NNC(=O)c1ccccc1)C1CCCCC1. The van der Waals surface area contributed by atoms with E-state index in [2.05, 4.69) is 10.9 Å². The Morgan fingerprint density at radius 3 is 2.35 bits per heavy atom. The topological polar surface area (TPSA) is 58.2 Å². The Morgan fingerprint density at radius 2 is 1.70 bits per heavy atom. The largest absolute Gasteiger partial charge is 0.273 e. The molecule has 1 saturated carbocycles. The van der Waals surface area contributed by atoms with Crippen molar-refractivity contribution in [3.63, 3.8) is 0 Å². The first-order valence-corrected chi connectivity index (χ1v) is 7.33. The van der Waals surface area contributed by atoms with Gasteiger partial charge >= 0.3 is 0 Å². The second-order valence-electron chi connectivity index (χ2n) is 5.50. The maximum atomic E-state index is 12.1. The Morgan fingerprint density at radius 1 is 1.05 bits per heavy atom. The molecule has 0 spiro atoms. The first kappa shape index (κ1) is 14.6. The lowest BCUT2D eigenvalue weighted by molar-refractivity contribution is -0.127. The molecule has 0 aliphatic heterocycles. The first-order valence-electron chi connectivity index (χ1n) is 7.33. The molecule has 1 aromatic carbocycles. The highest BCUT2D eigenvalue weighted by Crippen LogP contribution is 2.29. The number of rotatable bonds is 3. The van der Waals surface area contributed by atoms with Crippen molar-refractivity contribution in [1.82, 2.24) is 10.9 Å². The van der Waals surface area contributed by atoms with E-state index in [-0.39, 0.29) is 17.7 Å². The second kappa shape index (κ2) is 7.08. The standard InChI is InChI=1S/C16H22N2O2/c1-12(13-8-4-2-5-9-13)15(19)17-18-16(20)14-10-6-3-7-11-14/h3,6-7,10-13H,2,4-5,8-9H2,1H3,(H,17,19)(H,18,20)/t12-/m0/s1. The van der Waals surface area contributed by atoms with Crippen LogP contribution < -0.4 is 10.9 Å². The molecule has 4 heteroatoms. The summed E-state index contributed by atoms with van der Waals surface area (Å²) in [6, 6.07) is 8.86. The maximum Gasteiger partial charge on any atom is 0.269 e. The summed E-state index contributed by atoms with van der Waals surface area (Å²) in [5.74, 6) is 0.0136. The summed E-state index contributed by atoms with van der Waals surface area (Å²) in [5.41, 5.74) is 5.56. The molecule has 1 atom stereocenters. The van der Waals surface area contributed by atoms with Gasteiger partial charge in [-0.3, -0.25) is 20.4 Å². The van der Waals surface area contributed by atoms with Crippen LogP contribution in [0.1, 0.15) is 49.4 Å². The quantitative estimate of drug-likeness (QED) is 0.833. The predicted molar refractivity (Wildman–Crippen MR) is 77.8 cm³/mol. The second-order valence-corrected chi connectivity index (χ2v) is 5.50. The number of hydrogen-bond acceptors (Lipinski definition) is 2. The molecule has 1 fully saturated rings. The van der Waals surface area contributed by atoms with Crippen LogP contribution in [0.4, 0.5) is 0 Å². The van der Waals surface area contributed by atoms with E-state index in [0.29, 0.717) is 11.5 Å². The van der Waals surface area contributed by atoms with E-state index in [0.717, 1.165) is 12.8 Å². The van der Waals surface area contributed by atoms with Gasteiger partial charge in [0.15, 0.2) is 0 Å². The summed E-state index contributed by atoms with van der Waals surface area (Å²) in [5, 5.41) is 0. The van der Waals surface area contributed by atoms with Crippen LogP contribution in [0.2, 0.25) is 0 Å². The first-order chi connectivity index (χ1) is 9.68. The number of benzene rings is 1. The number of amides is 2. The maximum absolute atomic E-state index is 12.1. The summed E-state index contributed by atoms with van der Waals surface area (Å²) >= 11 is 0. The van der Waals surface area contributed by atoms with Crippen molar-refractivity contribution < 1.29 is 9.59 Å². The highest BCUT2D eigenvalue weighted by atomic mass is 16.2. The van der Waals surface area contributed by atoms with Crippen LogP contribution in [-0.2, 0) is 4.79 Å². The molecule has 1 aromatic rings. The fraction of sp³-hybridized carbons (Fsp3) is 0.500. The zero-order valence-electron chi connectivity index (χ0n) is 11.9. The molecule has 2 N–H and O–H groups in total. The van der Waals surface area contributed by atoms with Gasteiger partial charge in [-0.15, -0.1) is 0 Å². The number of carbonyl (C=O) groups is 2. The Kier molecular flexibility index (Phi) is 5.16. The minimum Gasteiger partial charge on any atom is -0.273 e. The highest BCUT2D eigenvalue weighted by molar-refractivity contribution is 5.95. The molecule has 0 radical (unpaired) electrons. The lowest BCUT2D eigenvalue weighted by Gasteiger charge is -2.26. The van der Waals surface area contributed by atoms with Crippen molar-refractivity contribution in [2.75, 3.05) is 0 Å². The van der Waals surface area contributed by atoms with Gasteiger partial charge in [0.2, 0.25) is 5.91 Å². The van der Waals surface area contributed by atoms with Gasteiger partial charge < -0.3 is 0 Å². The Balaban J connectivity index is 1.81. The predicted octanol–water partition coefficient (Wildman–Crippen LogP) is 2.66. The Labute approximate surface area is 119 Å². The molecule has 1 aliphatic carbocycles. The summed E-state index contributed by atoms with van der Waals surface area (Å²) in [4.78, 5) is 23.9. The third-order valence-corrected chi connectivity index (χ3v) is 4.11. The van der Waals surface area contributed by atoms with E-state index in [4.69, 9.17) is 0 Å². The van der Waals surface area contributed by atoms with Crippen LogP contribution in [0.5, 0.6) is 0 Å².